The maximum atomic E-state index is 11.4. The van der Waals surface area contributed by atoms with Crippen molar-refractivity contribution in [2.75, 3.05) is 19.8 Å². The van der Waals surface area contributed by atoms with Crippen LogP contribution >= 0.6 is 0 Å². The zero-order valence-corrected chi connectivity index (χ0v) is 8.25. The van der Waals surface area contributed by atoms with Gasteiger partial charge in [-0.2, -0.15) is 0 Å². The van der Waals surface area contributed by atoms with E-state index in [-0.39, 0.29) is 5.91 Å². The van der Waals surface area contributed by atoms with E-state index in [1.54, 1.807) is 24.3 Å². The van der Waals surface area contributed by atoms with E-state index in [1.807, 2.05) is 6.92 Å². The van der Waals surface area contributed by atoms with Crippen molar-refractivity contribution in [3.63, 3.8) is 0 Å². The Morgan fingerprint density at radius 3 is 3.14 bits per heavy atom. The highest BCUT2D eigenvalue weighted by Crippen LogP contribution is 1.96. The molecule has 0 bridgehead atoms. The van der Waals surface area contributed by atoms with E-state index >= 15 is 0 Å². The Morgan fingerprint density at radius 2 is 2.50 bits per heavy atom. The van der Waals surface area contributed by atoms with Crippen molar-refractivity contribution >= 4 is 5.91 Å². The summed E-state index contributed by atoms with van der Waals surface area (Å²) in [6, 6.07) is 9.82. The highest BCUT2D eigenvalue weighted by Gasteiger charge is 2.02. The zero-order valence-electron chi connectivity index (χ0n) is 8.25. The lowest BCUT2D eigenvalue weighted by Gasteiger charge is -2.04. The molecule has 0 spiro atoms. The molecule has 0 saturated heterocycles. The van der Waals surface area contributed by atoms with Gasteiger partial charge in [-0.1, -0.05) is 12.1 Å². The first-order chi connectivity index (χ1) is 6.84. The molecule has 1 aromatic carbocycles. The van der Waals surface area contributed by atoms with E-state index in [2.05, 4.69) is 11.4 Å². The molecule has 14 heavy (non-hydrogen) atoms. The molecule has 0 atom stereocenters. The molecule has 0 aliphatic carbocycles. The topological polar surface area (TPSA) is 38.3 Å². The molecule has 3 heteroatoms. The molecule has 1 amide bonds. The number of carbonyl (C=O) groups is 1. The van der Waals surface area contributed by atoms with Crippen molar-refractivity contribution in [3.05, 3.63) is 35.9 Å². The summed E-state index contributed by atoms with van der Waals surface area (Å²) in [6.45, 7) is 3.70. The lowest BCUT2D eigenvalue weighted by atomic mass is 10.2. The second kappa shape index (κ2) is 6.16. The van der Waals surface area contributed by atoms with Crippen LogP contribution in [0.3, 0.4) is 0 Å². The molecule has 1 radical (unpaired) electrons. The summed E-state index contributed by atoms with van der Waals surface area (Å²) in [5.74, 6) is -0.0819. The van der Waals surface area contributed by atoms with Crippen molar-refractivity contribution in [2.24, 2.45) is 0 Å². The molecule has 0 aliphatic rings. The third-order valence-corrected chi connectivity index (χ3v) is 1.71. The van der Waals surface area contributed by atoms with Crippen LogP contribution < -0.4 is 5.32 Å². The molecule has 1 aromatic rings. The molecule has 0 unspecified atom stereocenters. The van der Waals surface area contributed by atoms with E-state index in [9.17, 15) is 4.79 Å². The minimum absolute atomic E-state index is 0.0819. The lowest BCUT2D eigenvalue weighted by Crippen LogP contribution is -2.27. The average Bonchev–Trinajstić information content (AvgIpc) is 2.25. The highest BCUT2D eigenvalue weighted by atomic mass is 16.5. The van der Waals surface area contributed by atoms with E-state index in [0.29, 0.717) is 25.3 Å². The van der Waals surface area contributed by atoms with Crippen LogP contribution in [0.5, 0.6) is 0 Å². The van der Waals surface area contributed by atoms with Crippen LogP contribution in [0.25, 0.3) is 0 Å². The molecule has 0 heterocycles. The van der Waals surface area contributed by atoms with E-state index in [0.717, 1.165) is 0 Å². The predicted octanol–water partition coefficient (Wildman–Crippen LogP) is 1.25. The average molecular weight is 192 g/mol. The molecule has 1 rings (SSSR count). The number of carbonyl (C=O) groups excluding carboxylic acids is 1. The summed E-state index contributed by atoms with van der Waals surface area (Å²) in [5, 5.41) is 2.75. The van der Waals surface area contributed by atoms with Crippen molar-refractivity contribution in [1.82, 2.24) is 5.32 Å². The van der Waals surface area contributed by atoms with Gasteiger partial charge in [0.15, 0.2) is 0 Å². The normalized spacial score (nSPS) is 9.79. The smallest absolute Gasteiger partial charge is 0.251 e. The number of amides is 1. The Morgan fingerprint density at radius 1 is 1.64 bits per heavy atom. The molecule has 0 saturated carbocycles. The van der Waals surface area contributed by atoms with Gasteiger partial charge in [0.25, 0.3) is 5.91 Å². The largest absolute Gasteiger partial charge is 0.380 e. The van der Waals surface area contributed by atoms with Gasteiger partial charge in [-0.05, 0) is 25.1 Å². The zero-order chi connectivity index (χ0) is 10.2. The van der Waals surface area contributed by atoms with Gasteiger partial charge in [-0.15, -0.1) is 0 Å². The Hall–Kier alpha value is -1.35. The van der Waals surface area contributed by atoms with Crippen LogP contribution in [-0.2, 0) is 4.74 Å². The van der Waals surface area contributed by atoms with Gasteiger partial charge in [0, 0.05) is 18.7 Å². The van der Waals surface area contributed by atoms with Gasteiger partial charge in [-0.3, -0.25) is 4.79 Å². The van der Waals surface area contributed by atoms with Gasteiger partial charge < -0.3 is 10.1 Å². The number of rotatable bonds is 5. The van der Waals surface area contributed by atoms with E-state index in [1.165, 1.54) is 0 Å². The molecule has 75 valence electrons. The summed E-state index contributed by atoms with van der Waals surface area (Å²) in [4.78, 5) is 11.4. The second-order valence-electron chi connectivity index (χ2n) is 2.74. The predicted molar refractivity (Wildman–Crippen MR) is 54.1 cm³/mol. The van der Waals surface area contributed by atoms with Crippen LogP contribution in [0, 0.1) is 6.07 Å². The number of hydrogen-bond acceptors (Lipinski definition) is 2. The third kappa shape index (κ3) is 3.58. The SMILES string of the molecule is CCOCCNC(=O)c1c[c]ccc1. The summed E-state index contributed by atoms with van der Waals surface area (Å²) in [6.07, 6.45) is 0. The molecule has 3 nitrogen and oxygen atoms in total. The van der Waals surface area contributed by atoms with Crippen LogP contribution in [0.1, 0.15) is 17.3 Å². The van der Waals surface area contributed by atoms with Crippen molar-refractivity contribution in [2.45, 2.75) is 6.92 Å². The summed E-state index contributed by atoms with van der Waals surface area (Å²) in [5.41, 5.74) is 0.629. The molecule has 1 N–H and O–H groups in total. The van der Waals surface area contributed by atoms with Crippen molar-refractivity contribution in [1.29, 1.82) is 0 Å². The Bertz CT molecular complexity index is 272. The Balaban J connectivity index is 2.29. The molecule has 0 fully saturated rings. The van der Waals surface area contributed by atoms with Crippen LogP contribution in [0.15, 0.2) is 24.3 Å². The first kappa shape index (κ1) is 10.7. The fourth-order valence-corrected chi connectivity index (χ4v) is 1.02. The maximum absolute atomic E-state index is 11.4. The number of ether oxygens (including phenoxy) is 1. The van der Waals surface area contributed by atoms with Gasteiger partial charge in [-0.25, -0.2) is 0 Å². The molecule has 0 aliphatic heterocycles. The lowest BCUT2D eigenvalue weighted by molar-refractivity contribution is 0.0922. The highest BCUT2D eigenvalue weighted by molar-refractivity contribution is 5.93. The minimum atomic E-state index is -0.0819. The summed E-state index contributed by atoms with van der Waals surface area (Å²) < 4.78 is 5.10. The minimum Gasteiger partial charge on any atom is -0.380 e. The van der Waals surface area contributed by atoms with Gasteiger partial charge >= 0.3 is 0 Å². The fourth-order valence-electron chi connectivity index (χ4n) is 1.02. The second-order valence-corrected chi connectivity index (χ2v) is 2.74. The maximum Gasteiger partial charge on any atom is 0.251 e. The van der Waals surface area contributed by atoms with Crippen LogP contribution in [0.4, 0.5) is 0 Å². The Labute approximate surface area is 84.1 Å². The van der Waals surface area contributed by atoms with E-state index < -0.39 is 0 Å². The monoisotopic (exact) mass is 192 g/mol. The summed E-state index contributed by atoms with van der Waals surface area (Å²) in [7, 11) is 0. The standard InChI is InChI=1S/C11H14NO2/c1-2-14-9-8-12-11(13)10-6-4-3-5-7-10/h3-4,6-7H,2,8-9H2,1H3,(H,12,13). The van der Waals surface area contributed by atoms with Gasteiger partial charge in [0.1, 0.15) is 0 Å². The fraction of sp³-hybridized carbons (Fsp3) is 0.364. The van der Waals surface area contributed by atoms with Gasteiger partial charge in [0.05, 0.1) is 6.61 Å². The quantitative estimate of drug-likeness (QED) is 0.713. The van der Waals surface area contributed by atoms with Gasteiger partial charge in [0.2, 0.25) is 0 Å². The molecule has 0 aromatic heterocycles. The van der Waals surface area contributed by atoms with E-state index in [4.69, 9.17) is 4.74 Å². The van der Waals surface area contributed by atoms with Crippen molar-refractivity contribution in [3.8, 4) is 0 Å². The van der Waals surface area contributed by atoms with Crippen LogP contribution in [-0.4, -0.2) is 25.7 Å². The first-order valence-electron chi connectivity index (χ1n) is 4.66. The number of benzene rings is 1. The number of nitrogens with one attached hydrogen (secondary N) is 1. The third-order valence-electron chi connectivity index (χ3n) is 1.71. The van der Waals surface area contributed by atoms with Crippen LogP contribution in [0.2, 0.25) is 0 Å². The number of hydrogen-bond donors (Lipinski definition) is 1. The molecular formula is C11H14NO2. The van der Waals surface area contributed by atoms with Crippen molar-refractivity contribution < 1.29 is 9.53 Å². The first-order valence-corrected chi connectivity index (χ1v) is 4.66. The molecular weight excluding hydrogens is 178 g/mol. The summed E-state index contributed by atoms with van der Waals surface area (Å²) >= 11 is 0. The Kier molecular flexibility index (Phi) is 4.72.